The molecule has 4 aromatic carbocycles. The Morgan fingerprint density at radius 2 is 1.48 bits per heavy atom. The number of nitro groups is 1. The molecule has 0 saturated heterocycles. The van der Waals surface area contributed by atoms with Gasteiger partial charge in [0.2, 0.25) is 11.8 Å². The normalized spacial score (nSPS) is 11.8. The van der Waals surface area contributed by atoms with E-state index >= 15 is 0 Å². The average Bonchev–Trinajstić information content (AvgIpc) is 3.07. The number of hydrogen-bond acceptors (Lipinski definition) is 6. The molecule has 0 heterocycles. The van der Waals surface area contributed by atoms with Crippen molar-refractivity contribution >= 4 is 49.1 Å². The van der Waals surface area contributed by atoms with Gasteiger partial charge in [0.1, 0.15) is 12.6 Å². The van der Waals surface area contributed by atoms with Gasteiger partial charge in [-0.15, -0.1) is 0 Å². The number of nitro benzene ring substituents is 1. The summed E-state index contributed by atoms with van der Waals surface area (Å²) in [6, 6.07) is 28.3. The molecule has 0 aromatic heterocycles. The summed E-state index contributed by atoms with van der Waals surface area (Å²) in [5, 5.41) is 14.3. The molecule has 2 amide bonds. The zero-order valence-corrected chi connectivity index (χ0v) is 27.7. The highest BCUT2D eigenvalue weighted by Crippen LogP contribution is 2.27. The van der Waals surface area contributed by atoms with Crippen LogP contribution in [0.15, 0.2) is 119 Å². The van der Waals surface area contributed by atoms with Crippen LogP contribution in [-0.4, -0.2) is 49.2 Å². The van der Waals surface area contributed by atoms with E-state index in [1.807, 2.05) is 61.5 Å². The zero-order valence-electron chi connectivity index (χ0n) is 25.3. The molecule has 0 bridgehead atoms. The number of carbonyl (C=O) groups is 2. The second-order valence-corrected chi connectivity index (χ2v) is 13.4. The van der Waals surface area contributed by atoms with Crippen molar-refractivity contribution in [1.29, 1.82) is 0 Å². The van der Waals surface area contributed by atoms with E-state index in [0.29, 0.717) is 6.54 Å². The first-order valence-electron chi connectivity index (χ1n) is 14.8. The van der Waals surface area contributed by atoms with E-state index in [2.05, 4.69) is 21.2 Å². The molecule has 1 N–H and O–H groups in total. The summed E-state index contributed by atoms with van der Waals surface area (Å²) in [5.41, 5.74) is 1.41. The number of benzene rings is 4. The number of amides is 2. The SMILES string of the molecule is CCCCNC(=O)C(Cc1ccccc1)N(Cc1ccc(Br)cc1)C(=O)CN(c1ccc([N+](=O)[O-])cc1)S(=O)(=O)c1ccccc1. The van der Waals surface area contributed by atoms with Crippen molar-refractivity contribution in [1.82, 2.24) is 10.2 Å². The van der Waals surface area contributed by atoms with E-state index in [0.717, 1.165) is 32.7 Å². The van der Waals surface area contributed by atoms with Gasteiger partial charge in [-0.3, -0.25) is 24.0 Å². The fourth-order valence-corrected chi connectivity index (χ4v) is 6.54. The second kappa shape index (κ2) is 16.1. The molecule has 0 spiro atoms. The minimum absolute atomic E-state index is 0.0320. The van der Waals surface area contributed by atoms with Crippen molar-refractivity contribution in [2.75, 3.05) is 17.4 Å². The summed E-state index contributed by atoms with van der Waals surface area (Å²) < 4.78 is 29.8. The minimum atomic E-state index is -4.31. The fraction of sp³-hybridized carbons (Fsp3) is 0.235. The lowest BCUT2D eigenvalue weighted by Crippen LogP contribution is -2.53. The standard InChI is InChI=1S/C34H35BrN4O6S/c1-2-3-22-36-34(41)32(23-26-10-6-4-7-11-26)37(24-27-14-16-28(35)17-15-27)33(40)25-38(29-18-20-30(21-19-29)39(42)43)46(44,45)31-12-8-5-9-13-31/h4-21,32H,2-3,22-25H2,1H3,(H,36,41). The summed E-state index contributed by atoms with van der Waals surface area (Å²) in [6.45, 7) is 1.82. The van der Waals surface area contributed by atoms with Crippen LogP contribution in [0.3, 0.4) is 0 Å². The van der Waals surface area contributed by atoms with Crippen molar-refractivity contribution in [3.05, 3.63) is 135 Å². The lowest BCUT2D eigenvalue weighted by atomic mass is 10.0. The summed E-state index contributed by atoms with van der Waals surface area (Å²) >= 11 is 3.43. The molecule has 46 heavy (non-hydrogen) atoms. The molecular formula is C34H35BrN4O6S. The lowest BCUT2D eigenvalue weighted by molar-refractivity contribution is -0.384. The molecule has 4 aromatic rings. The van der Waals surface area contributed by atoms with E-state index in [9.17, 15) is 28.1 Å². The molecule has 240 valence electrons. The van der Waals surface area contributed by atoms with Crippen LogP contribution >= 0.6 is 15.9 Å². The van der Waals surface area contributed by atoms with Gasteiger partial charge in [0, 0.05) is 36.1 Å². The van der Waals surface area contributed by atoms with Gasteiger partial charge in [-0.05, 0) is 53.9 Å². The number of unbranched alkanes of at least 4 members (excludes halogenated alkanes) is 1. The highest BCUT2D eigenvalue weighted by atomic mass is 79.9. The zero-order chi connectivity index (χ0) is 33.1. The highest BCUT2D eigenvalue weighted by molar-refractivity contribution is 9.10. The Labute approximate surface area is 277 Å². The van der Waals surface area contributed by atoms with Gasteiger partial charge in [-0.25, -0.2) is 8.42 Å². The average molecular weight is 708 g/mol. The Morgan fingerprint density at radius 1 is 0.870 bits per heavy atom. The lowest BCUT2D eigenvalue weighted by Gasteiger charge is -2.34. The number of nitrogens with one attached hydrogen (secondary N) is 1. The predicted molar refractivity (Wildman–Crippen MR) is 181 cm³/mol. The molecule has 12 heteroatoms. The van der Waals surface area contributed by atoms with Crippen LogP contribution in [0.1, 0.15) is 30.9 Å². The minimum Gasteiger partial charge on any atom is -0.354 e. The summed E-state index contributed by atoms with van der Waals surface area (Å²) in [7, 11) is -4.31. The molecule has 1 unspecified atom stereocenters. The van der Waals surface area contributed by atoms with Crippen molar-refractivity contribution in [3.8, 4) is 0 Å². The number of carbonyl (C=O) groups excluding carboxylic acids is 2. The second-order valence-electron chi connectivity index (χ2n) is 10.6. The van der Waals surface area contributed by atoms with Crippen molar-refractivity contribution in [3.63, 3.8) is 0 Å². The Balaban J connectivity index is 1.79. The number of nitrogens with zero attached hydrogens (tertiary/aromatic N) is 3. The van der Waals surface area contributed by atoms with Crippen LogP contribution in [0.2, 0.25) is 0 Å². The van der Waals surface area contributed by atoms with Crippen LogP contribution in [0.25, 0.3) is 0 Å². The first-order chi connectivity index (χ1) is 22.1. The maximum atomic E-state index is 14.4. The van der Waals surface area contributed by atoms with E-state index in [1.165, 1.54) is 41.3 Å². The van der Waals surface area contributed by atoms with Crippen LogP contribution in [0.5, 0.6) is 0 Å². The predicted octanol–water partition coefficient (Wildman–Crippen LogP) is 6.11. The van der Waals surface area contributed by atoms with Crippen molar-refractivity contribution in [2.45, 2.75) is 43.7 Å². The maximum Gasteiger partial charge on any atom is 0.269 e. The van der Waals surface area contributed by atoms with Gasteiger partial charge in [-0.2, -0.15) is 0 Å². The van der Waals surface area contributed by atoms with Crippen molar-refractivity contribution in [2.24, 2.45) is 0 Å². The molecule has 0 aliphatic carbocycles. The van der Waals surface area contributed by atoms with Gasteiger partial charge in [-0.1, -0.05) is 89.9 Å². The van der Waals surface area contributed by atoms with E-state index < -0.39 is 33.4 Å². The quantitative estimate of drug-likeness (QED) is 0.0902. The molecule has 10 nitrogen and oxygen atoms in total. The highest BCUT2D eigenvalue weighted by Gasteiger charge is 2.34. The van der Waals surface area contributed by atoms with Crippen LogP contribution in [-0.2, 0) is 32.6 Å². The van der Waals surface area contributed by atoms with Gasteiger partial charge in [0.25, 0.3) is 15.7 Å². The summed E-state index contributed by atoms with van der Waals surface area (Å²) in [4.78, 5) is 40.3. The first-order valence-corrected chi connectivity index (χ1v) is 17.0. The number of anilines is 1. The van der Waals surface area contributed by atoms with Crippen LogP contribution < -0.4 is 9.62 Å². The van der Waals surface area contributed by atoms with Crippen LogP contribution in [0, 0.1) is 10.1 Å². The topological polar surface area (TPSA) is 130 Å². The molecule has 0 aliphatic heterocycles. The summed E-state index contributed by atoms with van der Waals surface area (Å²) in [5.74, 6) is -0.970. The first kappa shape index (κ1) is 34.3. The van der Waals surface area contributed by atoms with Gasteiger partial charge >= 0.3 is 0 Å². The monoisotopic (exact) mass is 706 g/mol. The summed E-state index contributed by atoms with van der Waals surface area (Å²) in [6.07, 6.45) is 1.82. The molecular weight excluding hydrogens is 672 g/mol. The van der Waals surface area contributed by atoms with Gasteiger partial charge in [0.05, 0.1) is 15.5 Å². The number of sulfonamides is 1. The van der Waals surface area contributed by atoms with Crippen molar-refractivity contribution < 1.29 is 22.9 Å². The number of hydrogen-bond donors (Lipinski definition) is 1. The molecule has 1 atom stereocenters. The third kappa shape index (κ3) is 9.01. The molecule has 0 fully saturated rings. The fourth-order valence-electron chi connectivity index (χ4n) is 4.84. The molecule has 0 saturated carbocycles. The maximum absolute atomic E-state index is 14.4. The third-order valence-corrected chi connectivity index (χ3v) is 9.64. The van der Waals surface area contributed by atoms with E-state index in [-0.39, 0.29) is 35.1 Å². The third-order valence-electron chi connectivity index (χ3n) is 7.33. The molecule has 0 radical (unpaired) electrons. The van der Waals surface area contributed by atoms with E-state index in [1.54, 1.807) is 18.2 Å². The number of non-ortho nitro benzene ring substituents is 1. The number of halogens is 1. The molecule has 4 rings (SSSR count). The Morgan fingerprint density at radius 3 is 2.07 bits per heavy atom. The Kier molecular flexibility index (Phi) is 12.0. The largest absolute Gasteiger partial charge is 0.354 e. The van der Waals surface area contributed by atoms with Gasteiger partial charge in [0.15, 0.2) is 0 Å². The smallest absolute Gasteiger partial charge is 0.269 e. The number of rotatable bonds is 15. The Bertz CT molecular complexity index is 1720. The van der Waals surface area contributed by atoms with Gasteiger partial charge < -0.3 is 10.2 Å². The van der Waals surface area contributed by atoms with Crippen LogP contribution in [0.4, 0.5) is 11.4 Å². The molecule has 0 aliphatic rings. The Hall–Kier alpha value is -4.55. The van der Waals surface area contributed by atoms with E-state index in [4.69, 9.17) is 0 Å².